The molecule has 0 radical (unpaired) electrons. The average Bonchev–Trinajstić information content (AvgIpc) is 3.37. The fraction of sp³-hybridized carbons (Fsp3) is 0.571. The molecule has 5 heterocycles. The summed E-state index contributed by atoms with van der Waals surface area (Å²) in [6, 6.07) is -1.19. The van der Waals surface area contributed by atoms with Crippen molar-refractivity contribution in [1.29, 1.82) is 0 Å². The molecule has 18 heteroatoms. The first-order chi connectivity index (χ1) is 21.9. The largest absolute Gasteiger partial charge is 0.408 e. The van der Waals surface area contributed by atoms with E-state index < -0.39 is 47.8 Å². The fourth-order valence-electron chi connectivity index (χ4n) is 6.60. The maximum atomic E-state index is 14.1. The molecule has 3 aliphatic rings. The molecule has 1 saturated heterocycles. The molecule has 3 atom stereocenters. The first-order valence-corrected chi connectivity index (χ1v) is 14.9. The van der Waals surface area contributed by atoms with Gasteiger partial charge in [-0.1, -0.05) is 5.16 Å². The summed E-state index contributed by atoms with van der Waals surface area (Å²) in [5.41, 5.74) is 0.113. The van der Waals surface area contributed by atoms with Crippen LogP contribution >= 0.6 is 0 Å². The summed E-state index contributed by atoms with van der Waals surface area (Å²) in [7, 11) is 0. The molecule has 0 spiro atoms. The van der Waals surface area contributed by atoms with Crippen LogP contribution in [0.25, 0.3) is 5.65 Å². The topological polar surface area (TPSA) is 158 Å². The number of rotatable bonds is 9. The van der Waals surface area contributed by atoms with E-state index in [2.05, 4.69) is 41.1 Å². The van der Waals surface area contributed by atoms with Gasteiger partial charge in [0.1, 0.15) is 24.4 Å². The average molecular weight is 649 g/mol. The van der Waals surface area contributed by atoms with E-state index in [9.17, 15) is 31.5 Å². The third-order valence-electron chi connectivity index (χ3n) is 9.18. The van der Waals surface area contributed by atoms with E-state index in [0.29, 0.717) is 22.6 Å². The summed E-state index contributed by atoms with van der Waals surface area (Å²) >= 11 is 0. The molecule has 2 amide bonds. The Hall–Kier alpha value is -4.51. The Morgan fingerprint density at radius 3 is 2.61 bits per heavy atom. The molecule has 4 aromatic heterocycles. The van der Waals surface area contributed by atoms with Crippen LogP contribution in [-0.4, -0.2) is 69.6 Å². The van der Waals surface area contributed by atoms with Crippen LogP contribution in [0, 0.1) is 11.3 Å². The Kier molecular flexibility index (Phi) is 7.26. The number of aromatic nitrogens is 8. The number of hydrogen-bond acceptors (Lipinski definition) is 9. The standard InChI is InChI=1S/C28H29F5N10O3/c29-27(30)5-3-17(4-6-27)21(39-24(44)23-22(16-1-2-16)40-46-41-23)18-11-43-20(37-18)7-15(10-35-43)8-26(12-42-14-34-13-36-42)9-19(28(31,32)33)38-25(26)45/h7,10-11,13-14,16-17,19,21H,1-6,8-9,12H2,(H,38,45)(H,39,44)/t19-,21-,26-/m0/s1. The van der Waals surface area contributed by atoms with E-state index in [1.807, 2.05) is 0 Å². The monoisotopic (exact) mass is 648 g/mol. The summed E-state index contributed by atoms with van der Waals surface area (Å²) < 4.78 is 76.7. The van der Waals surface area contributed by atoms with Gasteiger partial charge in [-0.15, -0.1) is 0 Å². The van der Waals surface area contributed by atoms with Gasteiger partial charge < -0.3 is 10.6 Å². The molecule has 46 heavy (non-hydrogen) atoms. The summed E-state index contributed by atoms with van der Waals surface area (Å²) in [4.78, 5) is 35.0. The third kappa shape index (κ3) is 5.91. The van der Waals surface area contributed by atoms with Gasteiger partial charge in [0.25, 0.3) is 5.91 Å². The molecule has 3 fully saturated rings. The molecule has 2 N–H and O–H groups in total. The molecule has 244 valence electrons. The van der Waals surface area contributed by atoms with Crippen molar-refractivity contribution in [1.82, 2.24) is 50.3 Å². The highest BCUT2D eigenvalue weighted by molar-refractivity contribution is 5.93. The predicted octanol–water partition coefficient (Wildman–Crippen LogP) is 3.56. The van der Waals surface area contributed by atoms with Gasteiger partial charge in [-0.25, -0.2) is 27.9 Å². The lowest BCUT2D eigenvalue weighted by Crippen LogP contribution is -2.40. The highest BCUT2D eigenvalue weighted by Gasteiger charge is 2.56. The minimum Gasteiger partial charge on any atom is -0.344 e. The van der Waals surface area contributed by atoms with E-state index in [0.717, 1.165) is 12.8 Å². The maximum Gasteiger partial charge on any atom is 0.408 e. The molecular weight excluding hydrogens is 619 g/mol. The SMILES string of the molecule is O=C(N[C@H](c1cn2ncc(C[C@@]3(Cn4cncn4)C[C@@H](C(F)(F)F)NC3=O)cc2n1)C1CCC(F)(F)CC1)c1nonc1C1CC1. The number of imidazole rings is 1. The Balaban J connectivity index is 1.18. The third-order valence-corrected chi connectivity index (χ3v) is 9.18. The number of hydrogen-bond donors (Lipinski definition) is 2. The first kappa shape index (κ1) is 30.2. The lowest BCUT2D eigenvalue weighted by Gasteiger charge is -2.33. The number of alkyl halides is 5. The highest BCUT2D eigenvalue weighted by atomic mass is 19.4. The molecule has 0 aromatic carbocycles. The maximum absolute atomic E-state index is 14.1. The van der Waals surface area contributed by atoms with Gasteiger partial charge in [-0.3, -0.25) is 14.3 Å². The van der Waals surface area contributed by atoms with Gasteiger partial charge in [0.2, 0.25) is 11.8 Å². The summed E-state index contributed by atoms with van der Waals surface area (Å²) in [5, 5.41) is 21.0. The van der Waals surface area contributed by atoms with E-state index in [1.165, 1.54) is 28.0 Å². The normalized spacial score (nSPS) is 24.3. The molecule has 0 unspecified atom stereocenters. The van der Waals surface area contributed by atoms with Crippen molar-refractivity contribution in [2.75, 3.05) is 0 Å². The van der Waals surface area contributed by atoms with Crippen LogP contribution in [0.4, 0.5) is 22.0 Å². The van der Waals surface area contributed by atoms with Gasteiger partial charge in [0.05, 0.1) is 36.1 Å². The zero-order valence-corrected chi connectivity index (χ0v) is 24.3. The molecular formula is C28H29F5N10O3. The van der Waals surface area contributed by atoms with Crippen molar-refractivity contribution in [3.63, 3.8) is 0 Å². The van der Waals surface area contributed by atoms with Crippen LogP contribution in [0.1, 0.15) is 84.3 Å². The zero-order valence-electron chi connectivity index (χ0n) is 24.3. The lowest BCUT2D eigenvalue weighted by molar-refractivity contribution is -0.155. The summed E-state index contributed by atoms with van der Waals surface area (Å²) in [5.74, 6) is -4.41. The van der Waals surface area contributed by atoms with Crippen molar-refractivity contribution in [2.45, 2.75) is 88.0 Å². The molecule has 0 bridgehead atoms. The van der Waals surface area contributed by atoms with Crippen LogP contribution in [0.15, 0.2) is 35.7 Å². The molecule has 7 rings (SSSR count). The number of nitrogens with zero attached hydrogens (tertiary/aromatic N) is 8. The van der Waals surface area contributed by atoms with Crippen LogP contribution in [-0.2, 0) is 17.8 Å². The second kappa shape index (κ2) is 11.1. The minimum absolute atomic E-state index is 0.0440. The number of carbonyl (C=O) groups is 2. The van der Waals surface area contributed by atoms with Crippen LogP contribution in [0.3, 0.4) is 0 Å². The van der Waals surface area contributed by atoms with Gasteiger partial charge >= 0.3 is 6.18 Å². The van der Waals surface area contributed by atoms with E-state index in [4.69, 9.17) is 4.63 Å². The van der Waals surface area contributed by atoms with Crippen molar-refractivity contribution in [3.8, 4) is 0 Å². The van der Waals surface area contributed by atoms with E-state index in [1.54, 1.807) is 12.3 Å². The molecule has 2 aliphatic carbocycles. The van der Waals surface area contributed by atoms with Crippen LogP contribution < -0.4 is 10.6 Å². The quantitative estimate of drug-likeness (QED) is 0.259. The Bertz CT molecular complexity index is 1740. The molecule has 13 nitrogen and oxygen atoms in total. The minimum atomic E-state index is -4.63. The number of amides is 2. The van der Waals surface area contributed by atoms with Crippen molar-refractivity contribution in [2.24, 2.45) is 11.3 Å². The highest BCUT2D eigenvalue weighted by Crippen LogP contribution is 2.44. The van der Waals surface area contributed by atoms with Gasteiger partial charge in [0, 0.05) is 18.8 Å². The van der Waals surface area contributed by atoms with Crippen LogP contribution in [0.5, 0.6) is 0 Å². The number of nitrogens with one attached hydrogen (secondary N) is 2. The second-order valence-electron chi connectivity index (χ2n) is 12.6. The molecule has 2 saturated carbocycles. The van der Waals surface area contributed by atoms with E-state index >= 15 is 0 Å². The Labute approximate surface area is 257 Å². The molecule has 1 aliphatic heterocycles. The Morgan fingerprint density at radius 1 is 1.15 bits per heavy atom. The fourth-order valence-corrected chi connectivity index (χ4v) is 6.60. The van der Waals surface area contributed by atoms with Gasteiger partial charge in [0.15, 0.2) is 11.3 Å². The van der Waals surface area contributed by atoms with Gasteiger partial charge in [-0.05, 0) is 61.2 Å². The van der Waals surface area contributed by atoms with Crippen molar-refractivity contribution >= 4 is 17.5 Å². The summed E-state index contributed by atoms with van der Waals surface area (Å²) in [6.07, 6.45) is 1.63. The number of carbonyl (C=O) groups excluding carboxylic acids is 2. The molecule has 4 aromatic rings. The number of fused-ring (bicyclic) bond motifs is 1. The van der Waals surface area contributed by atoms with E-state index in [-0.39, 0.29) is 56.2 Å². The predicted molar refractivity (Wildman–Crippen MR) is 145 cm³/mol. The zero-order chi connectivity index (χ0) is 32.3. The number of halogens is 5. The summed E-state index contributed by atoms with van der Waals surface area (Å²) in [6.45, 7) is -0.142. The Morgan fingerprint density at radius 2 is 1.93 bits per heavy atom. The van der Waals surface area contributed by atoms with Gasteiger partial charge in [-0.2, -0.15) is 23.4 Å². The van der Waals surface area contributed by atoms with Crippen molar-refractivity contribution in [3.05, 3.63) is 53.8 Å². The smallest absolute Gasteiger partial charge is 0.344 e. The first-order valence-electron chi connectivity index (χ1n) is 14.9. The van der Waals surface area contributed by atoms with Crippen LogP contribution in [0.2, 0.25) is 0 Å². The van der Waals surface area contributed by atoms with Crippen molar-refractivity contribution < 1.29 is 36.2 Å². The lowest BCUT2D eigenvalue weighted by atomic mass is 9.79. The second-order valence-corrected chi connectivity index (χ2v) is 12.6.